The molecule has 0 bridgehead atoms. The van der Waals surface area contributed by atoms with E-state index in [0.29, 0.717) is 13.0 Å². The van der Waals surface area contributed by atoms with Crippen molar-refractivity contribution in [1.29, 1.82) is 0 Å². The smallest absolute Gasteiger partial charge is 0.221 e. The summed E-state index contributed by atoms with van der Waals surface area (Å²) in [6, 6.07) is 4.71. The van der Waals surface area contributed by atoms with Crippen molar-refractivity contribution in [1.82, 2.24) is 5.32 Å². The molecule has 2 atom stereocenters. The van der Waals surface area contributed by atoms with Crippen LogP contribution in [0.25, 0.3) is 0 Å². The monoisotopic (exact) mass is 335 g/mol. The number of hydrogen-bond acceptors (Lipinski definition) is 3. The third-order valence-corrected chi connectivity index (χ3v) is 3.64. The molecule has 0 radical (unpaired) electrons. The minimum absolute atomic E-state index is 0. The van der Waals surface area contributed by atoms with Gasteiger partial charge in [0.2, 0.25) is 5.91 Å². The number of carbonyl (C=O) groups excluding carboxylic acids is 1. The summed E-state index contributed by atoms with van der Waals surface area (Å²) in [5.41, 5.74) is 6.38. The summed E-state index contributed by atoms with van der Waals surface area (Å²) in [6.45, 7) is 3.26. The fourth-order valence-corrected chi connectivity index (χ4v) is 2.49. The standard InChI is InChI=1S/C14H19ClFN3O.ClH/c1-9(17)6-14(20)18-10-4-5-19(8-10)11-2-3-12(15)13(16)7-11;/h2-3,7,9-10H,4-6,8,17H2,1H3,(H,18,20);1H. The number of nitrogens with one attached hydrogen (secondary N) is 1. The van der Waals surface area contributed by atoms with E-state index >= 15 is 0 Å². The van der Waals surface area contributed by atoms with E-state index in [4.69, 9.17) is 17.3 Å². The molecule has 7 heteroatoms. The normalized spacial score (nSPS) is 19.0. The molecule has 2 rings (SSSR count). The molecule has 21 heavy (non-hydrogen) atoms. The van der Waals surface area contributed by atoms with Crippen LogP contribution < -0.4 is 16.0 Å². The quantitative estimate of drug-likeness (QED) is 0.887. The molecule has 4 nitrogen and oxygen atoms in total. The van der Waals surface area contributed by atoms with Gasteiger partial charge in [0.25, 0.3) is 0 Å². The summed E-state index contributed by atoms with van der Waals surface area (Å²) < 4.78 is 13.4. The number of anilines is 1. The van der Waals surface area contributed by atoms with Gasteiger partial charge < -0.3 is 16.0 Å². The van der Waals surface area contributed by atoms with Crippen molar-refractivity contribution in [2.24, 2.45) is 5.73 Å². The van der Waals surface area contributed by atoms with Crippen molar-refractivity contribution in [2.75, 3.05) is 18.0 Å². The van der Waals surface area contributed by atoms with Gasteiger partial charge in [0, 0.05) is 37.3 Å². The first-order valence-corrected chi connectivity index (χ1v) is 7.08. The first-order valence-electron chi connectivity index (χ1n) is 6.70. The summed E-state index contributed by atoms with van der Waals surface area (Å²) in [6.07, 6.45) is 1.17. The van der Waals surface area contributed by atoms with Crippen LogP contribution >= 0.6 is 24.0 Å². The molecule has 1 fully saturated rings. The number of carbonyl (C=O) groups is 1. The molecule has 118 valence electrons. The third-order valence-electron chi connectivity index (χ3n) is 3.33. The topological polar surface area (TPSA) is 58.4 Å². The van der Waals surface area contributed by atoms with Crippen molar-refractivity contribution >= 4 is 35.6 Å². The van der Waals surface area contributed by atoms with Gasteiger partial charge in [-0.25, -0.2) is 4.39 Å². The Labute approximate surface area is 135 Å². The lowest BCUT2D eigenvalue weighted by atomic mass is 10.2. The summed E-state index contributed by atoms with van der Waals surface area (Å²) in [4.78, 5) is 13.7. The highest BCUT2D eigenvalue weighted by Crippen LogP contribution is 2.25. The minimum Gasteiger partial charge on any atom is -0.369 e. The molecule has 1 saturated heterocycles. The molecule has 1 amide bonds. The largest absolute Gasteiger partial charge is 0.369 e. The number of benzene rings is 1. The van der Waals surface area contributed by atoms with Crippen molar-refractivity contribution < 1.29 is 9.18 Å². The van der Waals surface area contributed by atoms with Crippen LogP contribution in [-0.4, -0.2) is 31.1 Å². The SMILES string of the molecule is CC(N)CC(=O)NC1CCN(c2ccc(Cl)c(F)c2)C1.Cl. The van der Waals surface area contributed by atoms with E-state index in [0.717, 1.165) is 18.7 Å². The van der Waals surface area contributed by atoms with E-state index in [1.54, 1.807) is 19.1 Å². The predicted octanol–water partition coefficient (Wildman–Crippen LogP) is 2.33. The van der Waals surface area contributed by atoms with E-state index in [9.17, 15) is 9.18 Å². The fraction of sp³-hybridized carbons (Fsp3) is 0.500. The van der Waals surface area contributed by atoms with Gasteiger partial charge in [0.05, 0.1) is 5.02 Å². The van der Waals surface area contributed by atoms with Crippen LogP contribution in [0.15, 0.2) is 18.2 Å². The number of halogens is 3. The highest BCUT2D eigenvalue weighted by atomic mass is 35.5. The molecule has 1 heterocycles. The molecule has 1 aliphatic heterocycles. The Morgan fingerprint density at radius 2 is 2.33 bits per heavy atom. The number of nitrogens with zero attached hydrogens (tertiary/aromatic N) is 1. The van der Waals surface area contributed by atoms with Gasteiger partial charge in [-0.15, -0.1) is 12.4 Å². The molecule has 1 aromatic rings. The Kier molecular flexibility index (Phi) is 6.71. The highest BCUT2D eigenvalue weighted by Gasteiger charge is 2.24. The molecule has 0 spiro atoms. The zero-order valence-corrected chi connectivity index (χ0v) is 13.4. The molecule has 0 aromatic heterocycles. The number of hydrogen-bond donors (Lipinski definition) is 2. The van der Waals surface area contributed by atoms with E-state index in [1.807, 2.05) is 4.90 Å². The number of nitrogens with two attached hydrogens (primary N) is 1. The summed E-state index contributed by atoms with van der Waals surface area (Å²) in [5.74, 6) is -0.456. The molecule has 1 aromatic carbocycles. The molecular formula is C14H20Cl2FN3O. The van der Waals surface area contributed by atoms with Gasteiger partial charge >= 0.3 is 0 Å². The Bertz CT molecular complexity index is 499. The van der Waals surface area contributed by atoms with Crippen molar-refractivity contribution in [2.45, 2.75) is 31.8 Å². The maximum atomic E-state index is 13.4. The molecule has 3 N–H and O–H groups in total. The Morgan fingerprint density at radius 1 is 1.62 bits per heavy atom. The van der Waals surface area contributed by atoms with Gasteiger partial charge in [-0.3, -0.25) is 4.79 Å². The van der Waals surface area contributed by atoms with E-state index in [-0.39, 0.29) is 35.4 Å². The average Bonchev–Trinajstić information content (AvgIpc) is 2.80. The fourth-order valence-electron chi connectivity index (χ4n) is 2.37. The Hall–Kier alpha value is -1.04. The molecule has 0 aliphatic carbocycles. The van der Waals surface area contributed by atoms with Crippen LogP contribution in [0.1, 0.15) is 19.8 Å². The van der Waals surface area contributed by atoms with Gasteiger partial charge in [0.1, 0.15) is 5.82 Å². The predicted molar refractivity (Wildman–Crippen MR) is 85.7 cm³/mol. The third kappa shape index (κ3) is 5.02. The molecule has 1 aliphatic rings. The molecule has 0 saturated carbocycles. The van der Waals surface area contributed by atoms with Crippen LogP contribution in [0, 0.1) is 5.82 Å². The Morgan fingerprint density at radius 3 is 2.95 bits per heavy atom. The summed E-state index contributed by atoms with van der Waals surface area (Å²) in [7, 11) is 0. The lowest BCUT2D eigenvalue weighted by Gasteiger charge is -2.19. The van der Waals surface area contributed by atoms with Crippen LogP contribution in [-0.2, 0) is 4.79 Å². The lowest BCUT2D eigenvalue weighted by Crippen LogP contribution is -2.39. The number of rotatable bonds is 4. The number of amides is 1. The second-order valence-electron chi connectivity index (χ2n) is 5.28. The first kappa shape index (κ1) is 18.0. The zero-order valence-electron chi connectivity index (χ0n) is 11.8. The summed E-state index contributed by atoms with van der Waals surface area (Å²) >= 11 is 5.67. The van der Waals surface area contributed by atoms with E-state index in [1.165, 1.54) is 6.07 Å². The van der Waals surface area contributed by atoms with Gasteiger partial charge in [-0.05, 0) is 31.5 Å². The zero-order chi connectivity index (χ0) is 14.7. The maximum absolute atomic E-state index is 13.4. The van der Waals surface area contributed by atoms with E-state index in [2.05, 4.69) is 5.32 Å². The van der Waals surface area contributed by atoms with Gasteiger partial charge in [-0.2, -0.15) is 0 Å². The first-order chi connectivity index (χ1) is 9.45. The van der Waals surface area contributed by atoms with Gasteiger partial charge in [-0.1, -0.05) is 11.6 Å². The maximum Gasteiger partial charge on any atom is 0.221 e. The second kappa shape index (κ2) is 7.82. The minimum atomic E-state index is -0.423. The van der Waals surface area contributed by atoms with Gasteiger partial charge in [0.15, 0.2) is 0 Å². The van der Waals surface area contributed by atoms with Crippen molar-refractivity contribution in [3.63, 3.8) is 0 Å². The van der Waals surface area contributed by atoms with Crippen LogP contribution in [0.2, 0.25) is 5.02 Å². The second-order valence-corrected chi connectivity index (χ2v) is 5.69. The van der Waals surface area contributed by atoms with Crippen LogP contribution in [0.4, 0.5) is 10.1 Å². The molecule has 2 unspecified atom stereocenters. The van der Waals surface area contributed by atoms with Crippen LogP contribution in [0.5, 0.6) is 0 Å². The average molecular weight is 336 g/mol. The highest BCUT2D eigenvalue weighted by molar-refractivity contribution is 6.30. The van der Waals surface area contributed by atoms with E-state index < -0.39 is 5.82 Å². The van der Waals surface area contributed by atoms with Crippen molar-refractivity contribution in [3.8, 4) is 0 Å². The Balaban J connectivity index is 0.00000220. The lowest BCUT2D eigenvalue weighted by molar-refractivity contribution is -0.121. The molecular weight excluding hydrogens is 316 g/mol. The van der Waals surface area contributed by atoms with Crippen molar-refractivity contribution in [3.05, 3.63) is 29.0 Å². The van der Waals surface area contributed by atoms with Crippen LogP contribution in [0.3, 0.4) is 0 Å². The summed E-state index contributed by atoms with van der Waals surface area (Å²) in [5, 5.41) is 3.08.